The van der Waals surface area contributed by atoms with Crippen LogP contribution in [0.15, 0.2) is 24.3 Å². The Balaban J connectivity index is 2.22. The van der Waals surface area contributed by atoms with Crippen LogP contribution in [0.25, 0.3) is 0 Å². The Morgan fingerprint density at radius 2 is 1.79 bits per heavy atom. The molecule has 5 heteroatoms. The van der Waals surface area contributed by atoms with E-state index in [0.717, 1.165) is 32.0 Å². The summed E-state index contributed by atoms with van der Waals surface area (Å²) in [7, 11) is 2.02. The Labute approximate surface area is 111 Å². The zero-order valence-corrected chi connectivity index (χ0v) is 11.0. The van der Waals surface area contributed by atoms with Crippen molar-refractivity contribution in [3.63, 3.8) is 0 Å². The van der Waals surface area contributed by atoms with E-state index >= 15 is 0 Å². The number of nitrogens with zero attached hydrogens (tertiary/aromatic N) is 1. The molecule has 1 heterocycles. The quantitative estimate of drug-likeness (QED) is 0.896. The standard InChI is InChI=1S/C14H19F3N2/c1-19-8-6-10(7-9-19)13(18)11-4-2-3-5-12(11)14(15,16)17/h2-5,10,13H,6-9,18H2,1H3. The molecule has 2 N–H and O–H groups in total. The van der Waals surface area contributed by atoms with Crippen LogP contribution in [0.5, 0.6) is 0 Å². The van der Waals surface area contributed by atoms with Gasteiger partial charge in [-0.15, -0.1) is 0 Å². The smallest absolute Gasteiger partial charge is 0.324 e. The second-order valence-electron chi connectivity index (χ2n) is 5.25. The van der Waals surface area contributed by atoms with E-state index in [1.54, 1.807) is 6.07 Å². The van der Waals surface area contributed by atoms with E-state index in [1.165, 1.54) is 12.1 Å². The first-order chi connectivity index (χ1) is 8.89. The lowest BCUT2D eigenvalue weighted by Crippen LogP contribution is -2.35. The van der Waals surface area contributed by atoms with Gasteiger partial charge < -0.3 is 10.6 Å². The van der Waals surface area contributed by atoms with Crippen molar-refractivity contribution in [2.75, 3.05) is 20.1 Å². The molecular weight excluding hydrogens is 253 g/mol. The van der Waals surface area contributed by atoms with Crippen molar-refractivity contribution >= 4 is 0 Å². The van der Waals surface area contributed by atoms with Gasteiger partial charge in [0.1, 0.15) is 0 Å². The van der Waals surface area contributed by atoms with Crippen molar-refractivity contribution in [3.05, 3.63) is 35.4 Å². The first-order valence-electron chi connectivity index (χ1n) is 6.50. The van der Waals surface area contributed by atoms with Crippen LogP contribution in [0, 0.1) is 5.92 Å². The molecule has 1 atom stereocenters. The van der Waals surface area contributed by atoms with Gasteiger partial charge in [0, 0.05) is 6.04 Å². The fourth-order valence-electron chi connectivity index (χ4n) is 2.69. The molecule has 1 unspecified atom stereocenters. The maximum atomic E-state index is 13.0. The van der Waals surface area contributed by atoms with E-state index in [1.807, 2.05) is 7.05 Å². The summed E-state index contributed by atoms with van der Waals surface area (Å²) >= 11 is 0. The van der Waals surface area contributed by atoms with Gasteiger partial charge in [-0.3, -0.25) is 0 Å². The number of halogens is 3. The molecule has 1 aromatic carbocycles. The molecule has 0 aromatic heterocycles. The second-order valence-corrected chi connectivity index (χ2v) is 5.25. The maximum Gasteiger partial charge on any atom is 0.416 e. The lowest BCUT2D eigenvalue weighted by molar-refractivity contribution is -0.138. The summed E-state index contributed by atoms with van der Waals surface area (Å²) in [6.45, 7) is 1.79. The Morgan fingerprint density at radius 3 is 2.37 bits per heavy atom. The molecule has 1 fully saturated rings. The van der Waals surface area contributed by atoms with E-state index in [9.17, 15) is 13.2 Å². The molecule has 1 aliphatic heterocycles. The topological polar surface area (TPSA) is 29.3 Å². The zero-order valence-electron chi connectivity index (χ0n) is 11.0. The Hall–Kier alpha value is -1.07. The van der Waals surface area contributed by atoms with Crippen molar-refractivity contribution in [1.82, 2.24) is 4.90 Å². The van der Waals surface area contributed by atoms with Gasteiger partial charge in [-0.25, -0.2) is 0 Å². The summed E-state index contributed by atoms with van der Waals surface area (Å²) in [6, 6.07) is 5.12. The Morgan fingerprint density at radius 1 is 1.21 bits per heavy atom. The van der Waals surface area contributed by atoms with Crippen LogP contribution in [-0.2, 0) is 6.18 Å². The molecule has 0 saturated carbocycles. The summed E-state index contributed by atoms with van der Waals surface area (Å²) < 4.78 is 38.9. The third kappa shape index (κ3) is 3.28. The third-order valence-corrected chi connectivity index (χ3v) is 3.90. The molecule has 2 rings (SSSR count). The maximum absolute atomic E-state index is 13.0. The molecule has 0 amide bonds. The molecule has 19 heavy (non-hydrogen) atoms. The van der Waals surface area contributed by atoms with Crippen molar-refractivity contribution in [2.45, 2.75) is 25.1 Å². The van der Waals surface area contributed by atoms with Crippen LogP contribution in [0.2, 0.25) is 0 Å². The van der Waals surface area contributed by atoms with Crippen molar-refractivity contribution in [1.29, 1.82) is 0 Å². The SMILES string of the molecule is CN1CCC(C(N)c2ccccc2C(F)(F)F)CC1. The highest BCUT2D eigenvalue weighted by Gasteiger charge is 2.36. The van der Waals surface area contributed by atoms with Gasteiger partial charge in [0.05, 0.1) is 5.56 Å². The van der Waals surface area contributed by atoms with Gasteiger partial charge in [-0.2, -0.15) is 13.2 Å². The predicted molar refractivity (Wildman–Crippen MR) is 68.6 cm³/mol. The molecule has 1 aromatic rings. The minimum absolute atomic E-state index is 0.125. The average molecular weight is 272 g/mol. The lowest BCUT2D eigenvalue weighted by Gasteiger charge is -2.33. The summed E-state index contributed by atoms with van der Waals surface area (Å²) in [5.41, 5.74) is 5.72. The first-order valence-corrected chi connectivity index (χ1v) is 6.50. The molecule has 1 aliphatic rings. The number of hydrogen-bond donors (Lipinski definition) is 1. The molecule has 106 valence electrons. The first kappa shape index (κ1) is 14.3. The van der Waals surface area contributed by atoms with Crippen LogP contribution >= 0.6 is 0 Å². The van der Waals surface area contributed by atoms with Crippen LogP contribution in [0.4, 0.5) is 13.2 Å². The Kier molecular flexibility index (Phi) is 4.16. The van der Waals surface area contributed by atoms with Crippen molar-refractivity contribution < 1.29 is 13.2 Å². The second kappa shape index (κ2) is 5.51. The summed E-state index contributed by atoms with van der Waals surface area (Å²) in [4.78, 5) is 2.18. The normalized spacial score (nSPS) is 20.5. The number of benzene rings is 1. The van der Waals surface area contributed by atoms with Gasteiger partial charge in [0.15, 0.2) is 0 Å². The van der Waals surface area contributed by atoms with E-state index < -0.39 is 17.8 Å². The average Bonchev–Trinajstić information content (AvgIpc) is 2.38. The van der Waals surface area contributed by atoms with Crippen LogP contribution in [0.1, 0.15) is 30.0 Å². The zero-order chi connectivity index (χ0) is 14.0. The Bertz CT molecular complexity index is 423. The van der Waals surface area contributed by atoms with Crippen LogP contribution < -0.4 is 5.73 Å². The summed E-state index contributed by atoms with van der Waals surface area (Å²) in [5.74, 6) is 0.125. The highest BCUT2D eigenvalue weighted by molar-refractivity contribution is 5.32. The van der Waals surface area contributed by atoms with E-state index in [0.29, 0.717) is 0 Å². The number of nitrogens with two attached hydrogens (primary N) is 1. The lowest BCUT2D eigenvalue weighted by atomic mass is 9.84. The van der Waals surface area contributed by atoms with Gasteiger partial charge in [-0.1, -0.05) is 18.2 Å². The third-order valence-electron chi connectivity index (χ3n) is 3.90. The van der Waals surface area contributed by atoms with E-state index in [-0.39, 0.29) is 11.5 Å². The molecule has 0 bridgehead atoms. The predicted octanol–water partition coefficient (Wildman–Crippen LogP) is 3.05. The van der Waals surface area contributed by atoms with Gasteiger partial charge in [0.2, 0.25) is 0 Å². The molecule has 0 radical (unpaired) electrons. The number of hydrogen-bond acceptors (Lipinski definition) is 2. The number of rotatable bonds is 2. The molecule has 0 spiro atoms. The number of likely N-dealkylation sites (tertiary alicyclic amines) is 1. The largest absolute Gasteiger partial charge is 0.416 e. The fraction of sp³-hybridized carbons (Fsp3) is 0.571. The van der Waals surface area contributed by atoms with E-state index in [4.69, 9.17) is 5.73 Å². The van der Waals surface area contributed by atoms with Gasteiger partial charge >= 0.3 is 6.18 Å². The highest BCUT2D eigenvalue weighted by atomic mass is 19.4. The molecule has 2 nitrogen and oxygen atoms in total. The highest BCUT2D eigenvalue weighted by Crippen LogP contribution is 2.37. The molecule has 0 aliphatic carbocycles. The van der Waals surface area contributed by atoms with Crippen molar-refractivity contribution in [2.24, 2.45) is 11.7 Å². The molecule has 1 saturated heterocycles. The minimum Gasteiger partial charge on any atom is -0.324 e. The minimum atomic E-state index is -4.33. The van der Waals surface area contributed by atoms with Crippen molar-refractivity contribution in [3.8, 4) is 0 Å². The van der Waals surface area contributed by atoms with Gasteiger partial charge in [0.25, 0.3) is 0 Å². The van der Waals surface area contributed by atoms with Crippen LogP contribution in [0.3, 0.4) is 0 Å². The summed E-state index contributed by atoms with van der Waals surface area (Å²) in [5, 5.41) is 0. The monoisotopic (exact) mass is 272 g/mol. The summed E-state index contributed by atoms with van der Waals surface area (Å²) in [6.07, 6.45) is -2.63. The fourth-order valence-corrected chi connectivity index (χ4v) is 2.69. The number of piperidine rings is 1. The van der Waals surface area contributed by atoms with Gasteiger partial charge in [-0.05, 0) is 50.5 Å². The van der Waals surface area contributed by atoms with E-state index in [2.05, 4.69) is 4.90 Å². The molecular formula is C14H19F3N2. The van der Waals surface area contributed by atoms with Crippen LogP contribution in [-0.4, -0.2) is 25.0 Å². The number of alkyl halides is 3.